The monoisotopic (exact) mass is 366 g/mol. The minimum absolute atomic E-state index is 0.0550. The van der Waals surface area contributed by atoms with Crippen LogP contribution in [0.2, 0.25) is 0 Å². The fourth-order valence-corrected chi connectivity index (χ4v) is 4.57. The molecule has 6 heteroatoms. The summed E-state index contributed by atoms with van der Waals surface area (Å²) in [5.41, 5.74) is 5.53. The van der Waals surface area contributed by atoms with Crippen molar-refractivity contribution in [2.75, 3.05) is 12.3 Å². The molecule has 3 heterocycles. The number of nitrogens with one attached hydrogen (secondary N) is 1. The summed E-state index contributed by atoms with van der Waals surface area (Å²) in [7, 11) is 0. The molecule has 1 aromatic carbocycles. The van der Waals surface area contributed by atoms with Crippen LogP contribution in [0.15, 0.2) is 35.5 Å². The minimum atomic E-state index is 0.0550. The Morgan fingerprint density at radius 3 is 2.77 bits per heavy atom. The first-order chi connectivity index (χ1) is 12.5. The molecule has 2 aromatic heterocycles. The quantitative estimate of drug-likeness (QED) is 0.565. The lowest BCUT2D eigenvalue weighted by molar-refractivity contribution is -0.130. The van der Waals surface area contributed by atoms with Gasteiger partial charge in [-0.05, 0) is 44.9 Å². The molecule has 0 aliphatic carbocycles. The van der Waals surface area contributed by atoms with Gasteiger partial charge in [0.1, 0.15) is 0 Å². The molecule has 0 saturated heterocycles. The molecule has 5 nitrogen and oxygen atoms in total. The first-order valence-electron chi connectivity index (χ1n) is 8.87. The number of fused-ring (bicyclic) bond motifs is 3. The largest absolute Gasteiger partial charge is 0.356 e. The van der Waals surface area contributed by atoms with Gasteiger partial charge in [0, 0.05) is 34.5 Å². The van der Waals surface area contributed by atoms with Gasteiger partial charge in [0.25, 0.3) is 0 Å². The third kappa shape index (κ3) is 3.09. The van der Waals surface area contributed by atoms with E-state index in [-0.39, 0.29) is 11.9 Å². The van der Waals surface area contributed by atoms with Gasteiger partial charge in [0.15, 0.2) is 5.16 Å². The number of para-hydroxylation sites is 1. The summed E-state index contributed by atoms with van der Waals surface area (Å²) >= 11 is 1.42. The smallest absolute Gasteiger partial charge is 0.233 e. The molecular formula is C20H22N4OS. The van der Waals surface area contributed by atoms with Gasteiger partial charge in [-0.3, -0.25) is 4.79 Å². The number of thioether (sulfide) groups is 1. The molecule has 1 aliphatic heterocycles. The van der Waals surface area contributed by atoms with Crippen LogP contribution in [0.4, 0.5) is 0 Å². The zero-order valence-corrected chi connectivity index (χ0v) is 16.1. The molecule has 1 aliphatic rings. The summed E-state index contributed by atoms with van der Waals surface area (Å²) in [6, 6.07) is 10.4. The summed E-state index contributed by atoms with van der Waals surface area (Å²) in [5, 5.41) is 1.95. The molecule has 0 radical (unpaired) electrons. The predicted molar refractivity (Wildman–Crippen MR) is 104 cm³/mol. The van der Waals surface area contributed by atoms with Gasteiger partial charge in [0.05, 0.1) is 11.8 Å². The van der Waals surface area contributed by atoms with Gasteiger partial charge in [-0.25, -0.2) is 9.97 Å². The lowest BCUT2D eigenvalue weighted by Crippen LogP contribution is -2.39. The number of rotatable bonds is 3. The lowest BCUT2D eigenvalue weighted by atomic mass is 9.98. The molecule has 1 amide bonds. The molecule has 3 aromatic rings. The fraction of sp³-hybridized carbons (Fsp3) is 0.350. The molecule has 1 N–H and O–H groups in total. The van der Waals surface area contributed by atoms with E-state index in [0.29, 0.717) is 10.9 Å². The average Bonchev–Trinajstić information content (AvgIpc) is 2.99. The molecule has 0 fully saturated rings. The number of H-pyrrole nitrogens is 1. The molecule has 0 saturated carbocycles. The first-order valence-corrected chi connectivity index (χ1v) is 9.85. The van der Waals surface area contributed by atoms with Crippen molar-refractivity contribution in [3.8, 4) is 0 Å². The van der Waals surface area contributed by atoms with Crippen LogP contribution < -0.4 is 0 Å². The molecule has 0 bridgehead atoms. The zero-order chi connectivity index (χ0) is 18.3. The first kappa shape index (κ1) is 17.1. The molecule has 134 valence electrons. The predicted octanol–water partition coefficient (Wildman–Crippen LogP) is 3.81. The molecule has 26 heavy (non-hydrogen) atoms. The highest BCUT2D eigenvalue weighted by molar-refractivity contribution is 7.99. The van der Waals surface area contributed by atoms with E-state index in [0.717, 1.165) is 29.9 Å². The van der Waals surface area contributed by atoms with Crippen LogP contribution in [0.5, 0.6) is 0 Å². The summed E-state index contributed by atoms with van der Waals surface area (Å²) in [4.78, 5) is 27.1. The normalized spacial score (nSPS) is 16.7. The van der Waals surface area contributed by atoms with E-state index in [2.05, 4.69) is 40.1 Å². The number of benzene rings is 1. The Kier molecular flexibility index (Phi) is 4.44. The molecule has 1 atom stereocenters. The third-order valence-corrected chi connectivity index (χ3v) is 5.77. The highest BCUT2D eigenvalue weighted by atomic mass is 32.2. The summed E-state index contributed by atoms with van der Waals surface area (Å²) in [5.74, 6) is 0.498. The number of aryl methyl sites for hydroxylation is 2. The van der Waals surface area contributed by atoms with Gasteiger partial charge >= 0.3 is 0 Å². The third-order valence-electron chi connectivity index (χ3n) is 4.94. The van der Waals surface area contributed by atoms with Gasteiger partial charge in [0.2, 0.25) is 5.91 Å². The number of carbonyl (C=O) groups excluding carboxylic acids is 1. The van der Waals surface area contributed by atoms with Crippen molar-refractivity contribution in [2.24, 2.45) is 0 Å². The van der Waals surface area contributed by atoms with Crippen molar-refractivity contribution in [3.63, 3.8) is 0 Å². The zero-order valence-electron chi connectivity index (χ0n) is 15.2. The Morgan fingerprint density at radius 1 is 1.27 bits per heavy atom. The SMILES string of the molecule is Cc1cc(C)nc(SCC(=O)N2CCc3c([nH]c4ccccc34)[C@H]2C)n1. The second-order valence-electron chi connectivity index (χ2n) is 6.80. The number of hydrogen-bond acceptors (Lipinski definition) is 4. The molecule has 0 spiro atoms. The van der Waals surface area contributed by atoms with Crippen LogP contribution in [0.25, 0.3) is 10.9 Å². The standard InChI is InChI=1S/C20H22N4OS/c1-12-10-13(2)22-20(21-12)26-11-18(25)24-9-8-16-15-6-4-5-7-17(15)23-19(16)14(24)3/h4-7,10,14,23H,8-9,11H2,1-3H3/t14-/m1/s1. The number of nitrogens with zero attached hydrogens (tertiary/aromatic N) is 3. The van der Waals surface area contributed by atoms with Crippen molar-refractivity contribution in [3.05, 3.63) is 53.0 Å². The highest BCUT2D eigenvalue weighted by Gasteiger charge is 2.30. The van der Waals surface area contributed by atoms with Crippen LogP contribution in [-0.4, -0.2) is 38.1 Å². The van der Waals surface area contributed by atoms with Crippen molar-refractivity contribution in [1.29, 1.82) is 0 Å². The maximum Gasteiger partial charge on any atom is 0.233 e. The van der Waals surface area contributed by atoms with Crippen molar-refractivity contribution in [1.82, 2.24) is 19.9 Å². The summed E-state index contributed by atoms with van der Waals surface area (Å²) in [6.45, 7) is 6.75. The Morgan fingerprint density at radius 2 is 2.00 bits per heavy atom. The Labute approximate surface area is 157 Å². The number of aromatic nitrogens is 3. The van der Waals surface area contributed by atoms with Crippen LogP contribution in [0, 0.1) is 13.8 Å². The van der Waals surface area contributed by atoms with Crippen molar-refractivity contribution in [2.45, 2.75) is 38.4 Å². The average molecular weight is 366 g/mol. The Hall–Kier alpha value is -2.34. The van der Waals surface area contributed by atoms with E-state index in [1.54, 1.807) is 0 Å². The van der Waals surface area contributed by atoms with Gasteiger partial charge in [-0.1, -0.05) is 30.0 Å². The highest BCUT2D eigenvalue weighted by Crippen LogP contribution is 2.34. The summed E-state index contributed by atoms with van der Waals surface area (Å²) < 4.78 is 0. The Balaban J connectivity index is 1.50. The van der Waals surface area contributed by atoms with E-state index in [1.165, 1.54) is 28.4 Å². The summed E-state index contributed by atoms with van der Waals surface area (Å²) in [6.07, 6.45) is 0.889. The molecule has 0 unspecified atom stereocenters. The maximum atomic E-state index is 12.8. The van der Waals surface area contributed by atoms with Crippen molar-refractivity contribution < 1.29 is 4.79 Å². The fourth-order valence-electron chi connectivity index (χ4n) is 3.74. The van der Waals surface area contributed by atoms with Crippen LogP contribution >= 0.6 is 11.8 Å². The lowest BCUT2D eigenvalue weighted by Gasteiger charge is -2.33. The topological polar surface area (TPSA) is 61.9 Å². The van der Waals surface area contributed by atoms with E-state index in [4.69, 9.17) is 0 Å². The van der Waals surface area contributed by atoms with E-state index in [1.807, 2.05) is 30.9 Å². The van der Waals surface area contributed by atoms with E-state index in [9.17, 15) is 4.79 Å². The van der Waals surface area contributed by atoms with E-state index >= 15 is 0 Å². The van der Waals surface area contributed by atoms with Gasteiger partial charge in [-0.2, -0.15) is 0 Å². The number of aromatic amines is 1. The number of carbonyl (C=O) groups is 1. The second-order valence-corrected chi connectivity index (χ2v) is 7.74. The van der Waals surface area contributed by atoms with Gasteiger partial charge in [-0.15, -0.1) is 0 Å². The van der Waals surface area contributed by atoms with Crippen molar-refractivity contribution >= 4 is 28.6 Å². The van der Waals surface area contributed by atoms with Crippen LogP contribution in [0.1, 0.15) is 35.6 Å². The number of amides is 1. The minimum Gasteiger partial charge on any atom is -0.356 e. The number of hydrogen-bond donors (Lipinski definition) is 1. The van der Waals surface area contributed by atoms with Gasteiger partial charge < -0.3 is 9.88 Å². The second kappa shape index (κ2) is 6.76. The molecular weight excluding hydrogens is 344 g/mol. The van der Waals surface area contributed by atoms with E-state index < -0.39 is 0 Å². The van der Waals surface area contributed by atoms with Crippen LogP contribution in [-0.2, 0) is 11.2 Å². The maximum absolute atomic E-state index is 12.8. The molecule has 4 rings (SSSR count). The Bertz CT molecular complexity index is 961. The van der Waals surface area contributed by atoms with Crippen LogP contribution in [0.3, 0.4) is 0 Å².